The first-order valence-electron chi connectivity index (χ1n) is 6.46. The first-order chi connectivity index (χ1) is 9.54. The first kappa shape index (κ1) is 14.6. The largest absolute Gasteiger partial charge is 0.310 e. The molecule has 106 valence electrons. The van der Waals surface area contributed by atoms with Crippen LogP contribution in [-0.4, -0.2) is 6.04 Å². The molecule has 0 amide bonds. The van der Waals surface area contributed by atoms with E-state index < -0.39 is 11.6 Å². The van der Waals surface area contributed by atoms with Gasteiger partial charge in [-0.05, 0) is 37.1 Å². The summed E-state index contributed by atoms with van der Waals surface area (Å²) >= 11 is 0. The zero-order valence-corrected chi connectivity index (χ0v) is 11.2. The molecule has 1 atom stereocenters. The number of hydrogen-bond acceptors (Lipinski definition) is 1. The third-order valence-electron chi connectivity index (χ3n) is 3.11. The molecule has 20 heavy (non-hydrogen) atoms. The van der Waals surface area contributed by atoms with Gasteiger partial charge < -0.3 is 5.32 Å². The minimum absolute atomic E-state index is 0.102. The molecule has 0 bridgehead atoms. The van der Waals surface area contributed by atoms with Gasteiger partial charge in [0.1, 0.15) is 17.5 Å². The van der Waals surface area contributed by atoms with Gasteiger partial charge in [-0.3, -0.25) is 0 Å². The molecule has 1 nitrogen and oxygen atoms in total. The SMILES string of the molecule is CC(Cc1ccc(F)cc1)NCc1ccc(F)cc1F. The van der Waals surface area contributed by atoms with Crippen molar-refractivity contribution < 1.29 is 13.2 Å². The molecule has 0 saturated heterocycles. The second-order valence-electron chi connectivity index (χ2n) is 4.85. The van der Waals surface area contributed by atoms with Crippen molar-refractivity contribution in [1.82, 2.24) is 5.32 Å². The topological polar surface area (TPSA) is 12.0 Å². The van der Waals surface area contributed by atoms with Gasteiger partial charge in [0.25, 0.3) is 0 Å². The van der Waals surface area contributed by atoms with Gasteiger partial charge in [0.15, 0.2) is 0 Å². The fourth-order valence-electron chi connectivity index (χ4n) is 2.00. The quantitative estimate of drug-likeness (QED) is 0.877. The molecule has 1 unspecified atom stereocenters. The molecule has 0 spiro atoms. The molecule has 0 aromatic heterocycles. The van der Waals surface area contributed by atoms with Gasteiger partial charge in [-0.1, -0.05) is 18.2 Å². The predicted molar refractivity (Wildman–Crippen MR) is 72.8 cm³/mol. The van der Waals surface area contributed by atoms with E-state index in [0.717, 1.165) is 11.6 Å². The van der Waals surface area contributed by atoms with Gasteiger partial charge in [0, 0.05) is 24.2 Å². The smallest absolute Gasteiger partial charge is 0.130 e. The van der Waals surface area contributed by atoms with Crippen LogP contribution in [0.2, 0.25) is 0 Å². The minimum Gasteiger partial charge on any atom is -0.310 e. The number of halogens is 3. The van der Waals surface area contributed by atoms with Crippen LogP contribution in [0.5, 0.6) is 0 Å². The Hall–Kier alpha value is -1.81. The molecule has 4 heteroatoms. The summed E-state index contributed by atoms with van der Waals surface area (Å²) in [7, 11) is 0. The molecule has 0 radical (unpaired) electrons. The summed E-state index contributed by atoms with van der Waals surface area (Å²) in [4.78, 5) is 0. The Bertz CT molecular complexity index is 566. The van der Waals surface area contributed by atoms with Gasteiger partial charge in [0.05, 0.1) is 0 Å². The van der Waals surface area contributed by atoms with E-state index in [1.165, 1.54) is 24.3 Å². The van der Waals surface area contributed by atoms with Gasteiger partial charge in [-0.25, -0.2) is 13.2 Å². The van der Waals surface area contributed by atoms with Crippen molar-refractivity contribution in [1.29, 1.82) is 0 Å². The van der Waals surface area contributed by atoms with E-state index in [4.69, 9.17) is 0 Å². The second kappa shape index (κ2) is 6.57. The molecular weight excluding hydrogens is 263 g/mol. The van der Waals surface area contributed by atoms with Gasteiger partial charge in [-0.15, -0.1) is 0 Å². The lowest BCUT2D eigenvalue weighted by Crippen LogP contribution is -2.27. The molecular formula is C16H16F3N. The fraction of sp³-hybridized carbons (Fsp3) is 0.250. The third kappa shape index (κ3) is 4.10. The molecule has 0 heterocycles. The van der Waals surface area contributed by atoms with Crippen molar-refractivity contribution in [2.24, 2.45) is 0 Å². The van der Waals surface area contributed by atoms with Crippen LogP contribution in [0.4, 0.5) is 13.2 Å². The predicted octanol–water partition coefficient (Wildman–Crippen LogP) is 3.82. The van der Waals surface area contributed by atoms with Gasteiger partial charge in [0.2, 0.25) is 0 Å². The summed E-state index contributed by atoms with van der Waals surface area (Å²) in [6.45, 7) is 2.29. The highest BCUT2D eigenvalue weighted by Crippen LogP contribution is 2.10. The molecule has 0 aliphatic rings. The summed E-state index contributed by atoms with van der Waals surface area (Å²) in [5.41, 5.74) is 1.43. The standard InChI is InChI=1S/C16H16F3N/c1-11(8-12-2-5-14(17)6-3-12)20-10-13-4-7-15(18)9-16(13)19/h2-7,9,11,20H,8,10H2,1H3. The van der Waals surface area contributed by atoms with Gasteiger partial charge >= 0.3 is 0 Å². The lowest BCUT2D eigenvalue weighted by molar-refractivity contribution is 0.518. The molecule has 2 aromatic rings. The Kier molecular flexibility index (Phi) is 4.79. The van der Waals surface area contributed by atoms with Crippen molar-refractivity contribution in [3.05, 3.63) is 71.0 Å². The molecule has 0 aliphatic heterocycles. The van der Waals surface area contributed by atoms with E-state index in [1.54, 1.807) is 12.1 Å². The molecule has 2 aromatic carbocycles. The Balaban J connectivity index is 1.88. The number of rotatable bonds is 5. The van der Waals surface area contributed by atoms with E-state index in [-0.39, 0.29) is 11.9 Å². The first-order valence-corrected chi connectivity index (χ1v) is 6.46. The van der Waals surface area contributed by atoms with Crippen molar-refractivity contribution in [3.63, 3.8) is 0 Å². The molecule has 2 rings (SSSR count). The Labute approximate surface area is 116 Å². The van der Waals surface area contributed by atoms with E-state index in [2.05, 4.69) is 5.32 Å². The van der Waals surface area contributed by atoms with Crippen LogP contribution in [0, 0.1) is 17.5 Å². The minimum atomic E-state index is -0.578. The average molecular weight is 279 g/mol. The molecule has 0 fully saturated rings. The molecule has 1 N–H and O–H groups in total. The van der Waals surface area contributed by atoms with Crippen LogP contribution in [0.1, 0.15) is 18.1 Å². The molecule has 0 aliphatic carbocycles. The van der Waals surface area contributed by atoms with Crippen LogP contribution in [0.15, 0.2) is 42.5 Å². The normalized spacial score (nSPS) is 12.4. The van der Waals surface area contributed by atoms with Crippen LogP contribution in [0.3, 0.4) is 0 Å². The highest BCUT2D eigenvalue weighted by molar-refractivity contribution is 5.19. The maximum Gasteiger partial charge on any atom is 0.130 e. The summed E-state index contributed by atoms with van der Waals surface area (Å²) < 4.78 is 39.0. The van der Waals surface area contributed by atoms with E-state index in [1.807, 2.05) is 6.92 Å². The Morgan fingerprint density at radius 2 is 1.60 bits per heavy atom. The van der Waals surface area contributed by atoms with Crippen molar-refractivity contribution in [2.45, 2.75) is 25.9 Å². The zero-order chi connectivity index (χ0) is 14.5. The lowest BCUT2D eigenvalue weighted by Gasteiger charge is -2.14. The van der Waals surface area contributed by atoms with Crippen LogP contribution in [-0.2, 0) is 13.0 Å². The highest BCUT2D eigenvalue weighted by atomic mass is 19.1. The summed E-state index contributed by atoms with van der Waals surface area (Å²) in [6, 6.07) is 9.95. The number of hydrogen-bond donors (Lipinski definition) is 1. The maximum absolute atomic E-state index is 13.5. The summed E-state index contributed by atoms with van der Waals surface area (Å²) in [6.07, 6.45) is 0.711. The lowest BCUT2D eigenvalue weighted by atomic mass is 10.1. The summed E-state index contributed by atoms with van der Waals surface area (Å²) in [5.74, 6) is -1.39. The van der Waals surface area contributed by atoms with Crippen molar-refractivity contribution in [3.8, 4) is 0 Å². The highest BCUT2D eigenvalue weighted by Gasteiger charge is 2.07. The van der Waals surface area contributed by atoms with Crippen molar-refractivity contribution in [2.75, 3.05) is 0 Å². The average Bonchev–Trinajstić information content (AvgIpc) is 2.40. The summed E-state index contributed by atoms with van der Waals surface area (Å²) in [5, 5.41) is 3.17. The molecule has 0 saturated carbocycles. The Morgan fingerprint density at radius 1 is 0.950 bits per heavy atom. The maximum atomic E-state index is 13.5. The second-order valence-corrected chi connectivity index (χ2v) is 4.85. The van der Waals surface area contributed by atoms with E-state index >= 15 is 0 Å². The van der Waals surface area contributed by atoms with Gasteiger partial charge in [-0.2, -0.15) is 0 Å². The third-order valence-corrected chi connectivity index (χ3v) is 3.11. The monoisotopic (exact) mass is 279 g/mol. The number of benzene rings is 2. The van der Waals surface area contributed by atoms with Crippen LogP contribution in [0.25, 0.3) is 0 Å². The van der Waals surface area contributed by atoms with Crippen LogP contribution >= 0.6 is 0 Å². The van der Waals surface area contributed by atoms with Crippen molar-refractivity contribution >= 4 is 0 Å². The van der Waals surface area contributed by atoms with E-state index in [0.29, 0.717) is 18.5 Å². The van der Waals surface area contributed by atoms with E-state index in [9.17, 15) is 13.2 Å². The zero-order valence-electron chi connectivity index (χ0n) is 11.2. The number of nitrogens with one attached hydrogen (secondary N) is 1. The Morgan fingerprint density at radius 3 is 2.25 bits per heavy atom. The van der Waals surface area contributed by atoms with Crippen LogP contribution < -0.4 is 5.32 Å². The fourth-order valence-corrected chi connectivity index (χ4v) is 2.00.